The maximum Gasteiger partial charge on any atom is 0.191 e. The highest BCUT2D eigenvalue weighted by Crippen LogP contribution is 2.36. The van der Waals surface area contributed by atoms with Crippen molar-refractivity contribution in [3.05, 3.63) is 29.8 Å². The maximum atomic E-state index is 13.5. The van der Waals surface area contributed by atoms with E-state index in [9.17, 15) is 4.39 Å². The Balaban J connectivity index is 0.00000220. The molecule has 0 aliphatic carbocycles. The number of aliphatic imine (C=N–C) groups is 1. The normalized spacial score (nSPS) is 21.8. The number of halogens is 2. The molecule has 0 bridgehead atoms. The van der Waals surface area contributed by atoms with Gasteiger partial charge in [-0.15, -0.1) is 24.0 Å². The topological polar surface area (TPSA) is 49.3 Å². The third-order valence-electron chi connectivity index (χ3n) is 3.41. The molecule has 2 N–H and O–H groups in total. The summed E-state index contributed by atoms with van der Waals surface area (Å²) < 4.78 is 13.7. The minimum absolute atomic E-state index is 0. The Morgan fingerprint density at radius 3 is 2.95 bits per heavy atom. The lowest BCUT2D eigenvalue weighted by atomic mass is 10.1. The third-order valence-corrected chi connectivity index (χ3v) is 4.95. The lowest BCUT2D eigenvalue weighted by Crippen LogP contribution is -2.43. The largest absolute Gasteiger partial charge is 0.355 e. The smallest absolute Gasteiger partial charge is 0.191 e. The molecule has 0 radical (unpaired) electrons. The van der Waals surface area contributed by atoms with Crippen LogP contribution in [0, 0.1) is 5.82 Å². The van der Waals surface area contributed by atoms with Gasteiger partial charge in [-0.1, -0.05) is 0 Å². The third kappa shape index (κ3) is 5.61. The quantitative estimate of drug-likeness (QED) is 0.444. The van der Waals surface area contributed by atoms with Crippen LogP contribution in [0.15, 0.2) is 23.3 Å². The van der Waals surface area contributed by atoms with Crippen LogP contribution in [0.2, 0.25) is 0 Å². The fourth-order valence-electron chi connectivity index (χ4n) is 2.18. The summed E-state index contributed by atoms with van der Waals surface area (Å²) in [7, 11) is 1.72. The molecule has 1 aliphatic rings. The number of aromatic nitrogens is 1. The zero-order valence-electron chi connectivity index (χ0n) is 12.4. The van der Waals surface area contributed by atoms with Crippen LogP contribution in [0.3, 0.4) is 0 Å². The summed E-state index contributed by atoms with van der Waals surface area (Å²) in [6.07, 6.45) is 4.08. The van der Waals surface area contributed by atoms with Crippen LogP contribution in [0.5, 0.6) is 0 Å². The highest BCUT2D eigenvalue weighted by atomic mass is 127. The number of pyridine rings is 1. The summed E-state index contributed by atoms with van der Waals surface area (Å²) in [5.74, 6) is 1.61. The first-order valence-corrected chi connectivity index (χ1v) is 7.79. The molecule has 1 unspecified atom stereocenters. The first-order chi connectivity index (χ1) is 9.63. The predicted octanol–water partition coefficient (Wildman–Crippen LogP) is 2.79. The number of thioether (sulfide) groups is 1. The van der Waals surface area contributed by atoms with Crippen molar-refractivity contribution in [2.75, 3.05) is 19.3 Å². The number of nitrogens with zero attached hydrogens (tertiary/aromatic N) is 2. The van der Waals surface area contributed by atoms with E-state index in [2.05, 4.69) is 27.5 Å². The average molecular weight is 424 g/mol. The highest BCUT2D eigenvalue weighted by molar-refractivity contribution is 14.0. The van der Waals surface area contributed by atoms with Crippen molar-refractivity contribution in [2.45, 2.75) is 31.1 Å². The van der Waals surface area contributed by atoms with Gasteiger partial charge >= 0.3 is 0 Å². The molecule has 7 heteroatoms. The number of nitrogens with one attached hydrogen (secondary N) is 2. The Kier molecular flexibility index (Phi) is 7.72. The lowest BCUT2D eigenvalue weighted by molar-refractivity contribution is 0.577. The highest BCUT2D eigenvalue weighted by Gasteiger charge is 2.29. The van der Waals surface area contributed by atoms with Gasteiger partial charge in [-0.3, -0.25) is 9.98 Å². The zero-order chi connectivity index (χ0) is 14.4. The summed E-state index contributed by atoms with van der Waals surface area (Å²) in [6, 6.07) is 3.00. The van der Waals surface area contributed by atoms with Crippen LogP contribution in [0.4, 0.5) is 4.39 Å². The van der Waals surface area contributed by atoms with E-state index in [1.165, 1.54) is 24.7 Å². The molecule has 1 fully saturated rings. The molecule has 1 atom stereocenters. The van der Waals surface area contributed by atoms with E-state index in [-0.39, 0.29) is 34.5 Å². The molecule has 0 amide bonds. The summed E-state index contributed by atoms with van der Waals surface area (Å²) >= 11 is 2.00. The predicted molar refractivity (Wildman–Crippen MR) is 97.9 cm³/mol. The van der Waals surface area contributed by atoms with Gasteiger partial charge in [0.2, 0.25) is 0 Å². The molecular formula is C14H22FIN4S. The fraction of sp³-hybridized carbons (Fsp3) is 0.571. The second-order valence-electron chi connectivity index (χ2n) is 5.11. The second kappa shape index (κ2) is 8.77. The van der Waals surface area contributed by atoms with Gasteiger partial charge in [0, 0.05) is 24.5 Å². The van der Waals surface area contributed by atoms with Crippen molar-refractivity contribution in [1.82, 2.24) is 15.6 Å². The van der Waals surface area contributed by atoms with E-state index >= 15 is 0 Å². The van der Waals surface area contributed by atoms with E-state index in [0.29, 0.717) is 18.2 Å². The molecule has 118 valence electrons. The van der Waals surface area contributed by atoms with Crippen molar-refractivity contribution in [3.63, 3.8) is 0 Å². The SMILES string of the molecule is CN=C(NCc1ncccc1F)NCC1(C)CCCS1.I. The molecule has 0 aromatic carbocycles. The average Bonchev–Trinajstić information content (AvgIpc) is 2.88. The number of rotatable bonds is 4. The Morgan fingerprint density at radius 1 is 1.52 bits per heavy atom. The Morgan fingerprint density at radius 2 is 2.33 bits per heavy atom. The van der Waals surface area contributed by atoms with Crippen LogP contribution < -0.4 is 10.6 Å². The molecule has 2 rings (SSSR count). The van der Waals surface area contributed by atoms with Crippen molar-refractivity contribution in [3.8, 4) is 0 Å². The van der Waals surface area contributed by atoms with Crippen molar-refractivity contribution < 1.29 is 4.39 Å². The minimum atomic E-state index is -0.297. The number of guanidine groups is 1. The molecule has 1 aliphatic heterocycles. The van der Waals surface area contributed by atoms with E-state index in [1.807, 2.05) is 11.8 Å². The maximum absolute atomic E-state index is 13.5. The van der Waals surface area contributed by atoms with E-state index < -0.39 is 0 Å². The minimum Gasteiger partial charge on any atom is -0.355 e. The van der Waals surface area contributed by atoms with Gasteiger partial charge in [0.15, 0.2) is 5.96 Å². The van der Waals surface area contributed by atoms with Crippen LogP contribution in [-0.2, 0) is 6.54 Å². The van der Waals surface area contributed by atoms with Gasteiger partial charge in [0.25, 0.3) is 0 Å². The monoisotopic (exact) mass is 424 g/mol. The van der Waals surface area contributed by atoms with Crippen LogP contribution in [-0.4, -0.2) is 35.0 Å². The summed E-state index contributed by atoms with van der Waals surface area (Å²) in [4.78, 5) is 8.17. The van der Waals surface area contributed by atoms with E-state index in [4.69, 9.17) is 0 Å². The standard InChI is InChI=1S/C14H21FN4S.HI/c1-14(6-4-8-20-14)10-19-13(16-2)18-9-12-11(15)5-3-7-17-12;/h3,5,7H,4,6,8-10H2,1-2H3,(H2,16,18,19);1H. The van der Waals surface area contributed by atoms with E-state index in [1.54, 1.807) is 19.3 Å². The van der Waals surface area contributed by atoms with Gasteiger partial charge < -0.3 is 10.6 Å². The van der Waals surface area contributed by atoms with Crippen LogP contribution in [0.25, 0.3) is 0 Å². The molecule has 0 spiro atoms. The number of hydrogen-bond acceptors (Lipinski definition) is 3. The fourth-order valence-corrected chi connectivity index (χ4v) is 3.43. The van der Waals surface area contributed by atoms with Crippen molar-refractivity contribution >= 4 is 41.7 Å². The Hall–Kier alpha value is -0.570. The number of hydrogen-bond donors (Lipinski definition) is 2. The molecule has 1 aromatic rings. The summed E-state index contributed by atoms with van der Waals surface area (Å²) in [5.41, 5.74) is 0.400. The second-order valence-corrected chi connectivity index (χ2v) is 6.80. The first-order valence-electron chi connectivity index (χ1n) is 6.81. The molecule has 21 heavy (non-hydrogen) atoms. The van der Waals surface area contributed by atoms with Crippen molar-refractivity contribution in [2.24, 2.45) is 4.99 Å². The molecule has 1 aromatic heterocycles. The molecule has 2 heterocycles. The van der Waals surface area contributed by atoms with Gasteiger partial charge in [-0.2, -0.15) is 11.8 Å². The molecule has 1 saturated heterocycles. The Bertz CT molecular complexity index is 478. The molecule has 4 nitrogen and oxygen atoms in total. The van der Waals surface area contributed by atoms with Crippen LogP contribution in [0.1, 0.15) is 25.5 Å². The summed E-state index contributed by atoms with van der Waals surface area (Å²) in [6.45, 7) is 3.46. The van der Waals surface area contributed by atoms with Gasteiger partial charge in [0.1, 0.15) is 5.82 Å². The lowest BCUT2D eigenvalue weighted by Gasteiger charge is -2.24. The molecular weight excluding hydrogens is 402 g/mol. The van der Waals surface area contributed by atoms with Gasteiger partial charge in [-0.25, -0.2) is 4.39 Å². The van der Waals surface area contributed by atoms with Crippen LogP contribution >= 0.6 is 35.7 Å². The molecule has 0 saturated carbocycles. The van der Waals surface area contributed by atoms with Crippen molar-refractivity contribution in [1.29, 1.82) is 0 Å². The first kappa shape index (κ1) is 18.5. The summed E-state index contributed by atoms with van der Waals surface area (Å²) in [5, 5.41) is 6.40. The van der Waals surface area contributed by atoms with E-state index in [0.717, 1.165) is 6.54 Å². The van der Waals surface area contributed by atoms with Gasteiger partial charge in [-0.05, 0) is 37.7 Å². The van der Waals surface area contributed by atoms with Gasteiger partial charge in [0.05, 0.1) is 12.2 Å². The Labute approximate surface area is 146 Å². The zero-order valence-corrected chi connectivity index (χ0v) is 15.5.